The highest BCUT2D eigenvalue weighted by Crippen LogP contribution is 2.23. The third-order valence-corrected chi connectivity index (χ3v) is 2.62. The lowest BCUT2D eigenvalue weighted by Crippen LogP contribution is -1.97. The maximum atomic E-state index is 5.91. The van der Waals surface area contributed by atoms with Crippen molar-refractivity contribution in [3.63, 3.8) is 0 Å². The van der Waals surface area contributed by atoms with Crippen LogP contribution in [-0.4, -0.2) is 14.8 Å². The smallest absolute Gasteiger partial charge is 0.163 e. The molecule has 0 unspecified atom stereocenters. The van der Waals surface area contributed by atoms with Crippen molar-refractivity contribution in [1.29, 1.82) is 0 Å². The maximum Gasteiger partial charge on any atom is 0.163 e. The summed E-state index contributed by atoms with van der Waals surface area (Å²) in [5, 5.41) is 8.78. The molecule has 0 atom stereocenters. The molecular weight excluding hydrogens is 210 g/mol. The Hall–Kier alpha value is -1.35. The molecule has 3 nitrogen and oxygen atoms in total. The van der Waals surface area contributed by atoms with Gasteiger partial charge < -0.3 is 4.57 Å². The molecule has 1 aromatic carbocycles. The molecule has 0 aliphatic rings. The van der Waals surface area contributed by atoms with Crippen LogP contribution in [0.1, 0.15) is 12.5 Å². The monoisotopic (exact) mass is 221 g/mol. The molecule has 0 saturated carbocycles. The average molecular weight is 222 g/mol. The second kappa shape index (κ2) is 4.03. The molecule has 0 aliphatic heterocycles. The van der Waals surface area contributed by atoms with Gasteiger partial charge in [0.2, 0.25) is 0 Å². The molecule has 78 valence electrons. The second-order valence-corrected chi connectivity index (χ2v) is 3.84. The minimum absolute atomic E-state index is 0.749. The van der Waals surface area contributed by atoms with E-state index in [0.717, 1.165) is 28.5 Å². The lowest BCUT2D eigenvalue weighted by atomic mass is 10.1. The van der Waals surface area contributed by atoms with Crippen LogP contribution in [0, 0.1) is 6.92 Å². The van der Waals surface area contributed by atoms with Crippen LogP contribution in [0.3, 0.4) is 0 Å². The normalized spacial score (nSPS) is 10.6. The van der Waals surface area contributed by atoms with E-state index in [4.69, 9.17) is 11.6 Å². The molecule has 1 heterocycles. The third kappa shape index (κ3) is 1.88. The summed E-state index contributed by atoms with van der Waals surface area (Å²) in [6.45, 7) is 4.96. The number of halogens is 1. The molecule has 0 fully saturated rings. The van der Waals surface area contributed by atoms with Crippen LogP contribution in [-0.2, 0) is 6.54 Å². The van der Waals surface area contributed by atoms with Gasteiger partial charge in [-0.1, -0.05) is 11.6 Å². The van der Waals surface area contributed by atoms with E-state index >= 15 is 0 Å². The zero-order valence-corrected chi connectivity index (χ0v) is 9.49. The summed E-state index contributed by atoms with van der Waals surface area (Å²) in [5.74, 6) is 0.895. The predicted molar refractivity (Wildman–Crippen MR) is 60.9 cm³/mol. The van der Waals surface area contributed by atoms with Crippen molar-refractivity contribution in [1.82, 2.24) is 14.8 Å². The topological polar surface area (TPSA) is 30.7 Å². The summed E-state index contributed by atoms with van der Waals surface area (Å²) in [6, 6.07) is 5.79. The Morgan fingerprint density at radius 2 is 2.20 bits per heavy atom. The Kier molecular flexibility index (Phi) is 2.73. The first-order chi connectivity index (χ1) is 7.22. The first-order valence-electron chi connectivity index (χ1n) is 4.86. The van der Waals surface area contributed by atoms with Crippen molar-refractivity contribution in [3.05, 3.63) is 35.1 Å². The quantitative estimate of drug-likeness (QED) is 0.781. The molecule has 4 heteroatoms. The molecular formula is C11H12ClN3. The van der Waals surface area contributed by atoms with E-state index in [0.29, 0.717) is 0 Å². The number of hydrogen-bond donors (Lipinski definition) is 0. The maximum absolute atomic E-state index is 5.91. The molecule has 0 saturated heterocycles. The second-order valence-electron chi connectivity index (χ2n) is 3.40. The summed E-state index contributed by atoms with van der Waals surface area (Å²) in [5.41, 5.74) is 2.20. The minimum atomic E-state index is 0.749. The summed E-state index contributed by atoms with van der Waals surface area (Å²) in [6.07, 6.45) is 1.74. The predicted octanol–water partition coefficient (Wildman–Crippen LogP) is 2.93. The van der Waals surface area contributed by atoms with Crippen LogP contribution >= 0.6 is 11.6 Å². The van der Waals surface area contributed by atoms with Gasteiger partial charge in [-0.2, -0.15) is 0 Å². The Labute approximate surface area is 93.7 Å². The number of hydrogen-bond acceptors (Lipinski definition) is 2. The lowest BCUT2D eigenvalue weighted by Gasteiger charge is -2.06. The lowest BCUT2D eigenvalue weighted by molar-refractivity contribution is 0.766. The summed E-state index contributed by atoms with van der Waals surface area (Å²) in [7, 11) is 0. The van der Waals surface area contributed by atoms with Gasteiger partial charge >= 0.3 is 0 Å². The van der Waals surface area contributed by atoms with E-state index in [9.17, 15) is 0 Å². The van der Waals surface area contributed by atoms with E-state index in [2.05, 4.69) is 17.1 Å². The fraction of sp³-hybridized carbons (Fsp3) is 0.273. The molecule has 1 aromatic heterocycles. The van der Waals surface area contributed by atoms with Gasteiger partial charge in [-0.05, 0) is 37.6 Å². The third-order valence-electron chi connectivity index (χ3n) is 2.39. The van der Waals surface area contributed by atoms with Crippen LogP contribution in [0.25, 0.3) is 11.4 Å². The number of aromatic nitrogens is 3. The van der Waals surface area contributed by atoms with Gasteiger partial charge in [-0.25, -0.2) is 0 Å². The molecule has 0 bridgehead atoms. The Bertz CT molecular complexity index is 476. The van der Waals surface area contributed by atoms with Gasteiger partial charge in [-0.15, -0.1) is 10.2 Å². The van der Waals surface area contributed by atoms with E-state index in [1.54, 1.807) is 6.33 Å². The summed E-state index contributed by atoms with van der Waals surface area (Å²) < 4.78 is 2.01. The van der Waals surface area contributed by atoms with Crippen molar-refractivity contribution in [2.45, 2.75) is 20.4 Å². The standard InChI is InChI=1S/C11H12ClN3/c1-3-15-7-13-14-11(15)10-5-4-9(12)6-8(10)2/h4-7H,3H2,1-2H3. The SMILES string of the molecule is CCn1cnnc1-c1ccc(Cl)cc1C. The molecule has 0 spiro atoms. The molecule has 2 aromatic rings. The van der Waals surface area contributed by atoms with Crippen molar-refractivity contribution in [3.8, 4) is 11.4 Å². The molecule has 0 radical (unpaired) electrons. The molecule has 0 N–H and O–H groups in total. The zero-order chi connectivity index (χ0) is 10.8. The Morgan fingerprint density at radius 1 is 1.40 bits per heavy atom. The van der Waals surface area contributed by atoms with Gasteiger partial charge in [0.15, 0.2) is 5.82 Å². The molecule has 0 amide bonds. The summed E-state index contributed by atoms with van der Waals surface area (Å²) >= 11 is 5.91. The largest absolute Gasteiger partial charge is 0.314 e. The highest BCUT2D eigenvalue weighted by atomic mass is 35.5. The van der Waals surface area contributed by atoms with Crippen molar-refractivity contribution in [2.75, 3.05) is 0 Å². The molecule has 2 rings (SSSR count). The van der Waals surface area contributed by atoms with Gasteiger partial charge in [0.1, 0.15) is 6.33 Å². The van der Waals surface area contributed by atoms with Crippen molar-refractivity contribution >= 4 is 11.6 Å². The van der Waals surface area contributed by atoms with E-state index in [-0.39, 0.29) is 0 Å². The van der Waals surface area contributed by atoms with Crippen molar-refractivity contribution < 1.29 is 0 Å². The van der Waals surface area contributed by atoms with Crippen LogP contribution in [0.15, 0.2) is 24.5 Å². The first kappa shape index (κ1) is 10.2. The van der Waals surface area contributed by atoms with Crippen LogP contribution in [0.4, 0.5) is 0 Å². The number of benzene rings is 1. The molecule has 0 aliphatic carbocycles. The number of aryl methyl sites for hydroxylation is 2. The van der Waals surface area contributed by atoms with Crippen LogP contribution in [0.2, 0.25) is 5.02 Å². The highest BCUT2D eigenvalue weighted by molar-refractivity contribution is 6.30. The number of rotatable bonds is 2. The van der Waals surface area contributed by atoms with Gasteiger partial charge in [0.25, 0.3) is 0 Å². The first-order valence-corrected chi connectivity index (χ1v) is 5.24. The fourth-order valence-electron chi connectivity index (χ4n) is 1.57. The van der Waals surface area contributed by atoms with E-state index in [1.807, 2.05) is 29.7 Å². The van der Waals surface area contributed by atoms with Gasteiger partial charge in [0, 0.05) is 17.1 Å². The number of nitrogens with zero attached hydrogens (tertiary/aromatic N) is 3. The zero-order valence-electron chi connectivity index (χ0n) is 8.74. The Balaban J connectivity index is 2.54. The van der Waals surface area contributed by atoms with E-state index < -0.39 is 0 Å². The minimum Gasteiger partial charge on any atom is -0.314 e. The highest BCUT2D eigenvalue weighted by Gasteiger charge is 2.08. The van der Waals surface area contributed by atoms with Crippen LogP contribution in [0.5, 0.6) is 0 Å². The van der Waals surface area contributed by atoms with Crippen molar-refractivity contribution in [2.24, 2.45) is 0 Å². The summed E-state index contributed by atoms with van der Waals surface area (Å²) in [4.78, 5) is 0. The van der Waals surface area contributed by atoms with Gasteiger partial charge in [-0.3, -0.25) is 0 Å². The van der Waals surface area contributed by atoms with Crippen LogP contribution < -0.4 is 0 Å². The molecule has 15 heavy (non-hydrogen) atoms. The fourth-order valence-corrected chi connectivity index (χ4v) is 1.80. The average Bonchev–Trinajstić information content (AvgIpc) is 2.65. The van der Waals surface area contributed by atoms with Gasteiger partial charge in [0.05, 0.1) is 0 Å². The van der Waals surface area contributed by atoms with E-state index in [1.165, 1.54) is 0 Å². The Morgan fingerprint density at radius 3 is 2.87 bits per heavy atom.